The van der Waals surface area contributed by atoms with Crippen LogP contribution >= 0.6 is 0 Å². The first-order valence-electron chi connectivity index (χ1n) is 44.8. The number of allylic oxidation sites excluding steroid dienone is 14. The number of carbonyl (C=O) groups excluding carboxylic acids is 1. The standard InChI is InChI=1S/C92H167NO13/c1-3-5-7-9-11-13-15-17-19-21-23-25-27-29-31-33-35-37-38-39-40-41-42-44-46-48-50-52-54-56-58-60-62-64-66-68-70-72-74-76-84(97)93-80(79-103-91-89(102)87(100)90(83(78-95)105-91)106-92-88(101)86(99)85(98)82(77-94)104-92)81(96)75-73-71-69-67-65-63-61-59-57-55-53-51-49-47-45-43-36-34-32-30-28-26-24-22-20-18-16-14-12-10-8-6-4-2/h5,7,11,13,17,19,23,25,29,31,35,37,39-40,80-83,85-92,94-96,98-102H,3-4,6,8-10,12,14-16,18,20-22,24,26-28,30,32-34,36,38,41-79H2,1-2H3,(H,93,97)/b7-5-,13-11-,19-17-,25-23-,31-29-,37-35-,40-39-. The molecule has 2 rings (SSSR count). The lowest BCUT2D eigenvalue weighted by molar-refractivity contribution is -0.359. The largest absolute Gasteiger partial charge is 0.394 e. The highest BCUT2D eigenvalue weighted by Crippen LogP contribution is 2.31. The predicted molar refractivity (Wildman–Crippen MR) is 443 cm³/mol. The normalized spacial score (nSPS) is 21.7. The van der Waals surface area contributed by atoms with Crippen molar-refractivity contribution >= 4 is 5.91 Å². The molecule has 2 heterocycles. The van der Waals surface area contributed by atoms with E-state index in [9.17, 15) is 45.6 Å². The zero-order chi connectivity index (χ0) is 76.5. The highest BCUT2D eigenvalue weighted by atomic mass is 16.7. The van der Waals surface area contributed by atoms with E-state index >= 15 is 0 Å². The number of unbranched alkanes of at least 4 members (excludes halogenated alkanes) is 49. The summed E-state index contributed by atoms with van der Waals surface area (Å²) < 4.78 is 23.0. The molecule has 1 amide bonds. The fourth-order valence-corrected chi connectivity index (χ4v) is 14.6. The van der Waals surface area contributed by atoms with Gasteiger partial charge in [0.25, 0.3) is 0 Å². The second-order valence-corrected chi connectivity index (χ2v) is 31.4. The summed E-state index contributed by atoms with van der Waals surface area (Å²) in [6.45, 7) is 2.81. The van der Waals surface area contributed by atoms with Gasteiger partial charge < -0.3 is 65.1 Å². The van der Waals surface area contributed by atoms with Gasteiger partial charge in [-0.2, -0.15) is 0 Å². The Labute approximate surface area is 650 Å². The molecule has 0 saturated carbocycles. The Bertz CT molecular complexity index is 2110. The molecule has 106 heavy (non-hydrogen) atoms. The maximum atomic E-state index is 13.4. The summed E-state index contributed by atoms with van der Waals surface area (Å²) in [5, 5.41) is 88.1. The third kappa shape index (κ3) is 56.4. The zero-order valence-electron chi connectivity index (χ0n) is 68.2. The highest BCUT2D eigenvalue weighted by Gasteiger charge is 2.51. The minimum absolute atomic E-state index is 0.201. The molecule has 0 aromatic heterocycles. The SMILES string of the molecule is CC/C=C\C/C=C\C/C=C\C/C=C\C/C=C\C/C=C\C/C=C\CCCCCCCCCCCCCCCCCCCC(=O)NC(COC1OC(CO)C(OC2OC(CO)C(O)C(O)C2O)C(O)C1O)C(O)CCCCCCCCCCCCCCCCCCCCCCCCCCCCCCCCCCC. The van der Waals surface area contributed by atoms with Crippen LogP contribution in [0, 0.1) is 0 Å². The Morgan fingerprint density at radius 2 is 0.651 bits per heavy atom. The fraction of sp³-hybridized carbons (Fsp3) is 0.837. The third-order valence-electron chi connectivity index (χ3n) is 21.6. The molecule has 0 bridgehead atoms. The van der Waals surface area contributed by atoms with Crippen molar-refractivity contribution in [2.45, 2.75) is 473 Å². The molecule has 9 N–H and O–H groups in total. The molecular weight excluding hydrogens is 1330 g/mol. The zero-order valence-corrected chi connectivity index (χ0v) is 68.2. The quantitative estimate of drug-likeness (QED) is 0.0204. The number of nitrogens with one attached hydrogen (secondary N) is 1. The molecule has 12 atom stereocenters. The van der Waals surface area contributed by atoms with Crippen LogP contribution in [-0.4, -0.2) is 140 Å². The first-order valence-corrected chi connectivity index (χ1v) is 44.8. The average Bonchev–Trinajstić information content (AvgIpc) is 0.789. The molecule has 2 fully saturated rings. The van der Waals surface area contributed by atoms with Crippen molar-refractivity contribution in [3.63, 3.8) is 0 Å². The van der Waals surface area contributed by atoms with Crippen LogP contribution in [0.5, 0.6) is 0 Å². The second-order valence-electron chi connectivity index (χ2n) is 31.4. The third-order valence-corrected chi connectivity index (χ3v) is 21.6. The number of carbonyl (C=O) groups is 1. The van der Waals surface area contributed by atoms with Gasteiger partial charge in [-0.05, 0) is 70.6 Å². The average molecular weight is 1500 g/mol. The van der Waals surface area contributed by atoms with Gasteiger partial charge >= 0.3 is 0 Å². The number of rotatable bonds is 76. The van der Waals surface area contributed by atoms with Crippen LogP contribution in [0.2, 0.25) is 0 Å². The summed E-state index contributed by atoms with van der Waals surface area (Å²) in [5.74, 6) is -0.201. The summed E-state index contributed by atoms with van der Waals surface area (Å²) in [6.07, 6.45) is 89.3. The molecule has 0 spiro atoms. The number of hydrogen-bond acceptors (Lipinski definition) is 13. The monoisotopic (exact) mass is 1490 g/mol. The van der Waals surface area contributed by atoms with Crippen LogP contribution in [0.15, 0.2) is 85.1 Å². The molecule has 0 radical (unpaired) electrons. The van der Waals surface area contributed by atoms with E-state index in [0.29, 0.717) is 12.8 Å². The molecular formula is C92H167NO13. The number of aliphatic hydroxyl groups excluding tert-OH is 8. The first-order chi connectivity index (χ1) is 52.1. The van der Waals surface area contributed by atoms with Gasteiger partial charge in [-0.3, -0.25) is 4.79 Å². The van der Waals surface area contributed by atoms with E-state index < -0.39 is 86.8 Å². The van der Waals surface area contributed by atoms with E-state index in [0.717, 1.165) is 96.3 Å². The summed E-state index contributed by atoms with van der Waals surface area (Å²) in [5.41, 5.74) is 0. The molecule has 12 unspecified atom stereocenters. The number of hydrogen-bond donors (Lipinski definition) is 9. The van der Waals surface area contributed by atoms with Gasteiger partial charge in [0.1, 0.15) is 48.8 Å². The summed E-state index contributed by atoms with van der Waals surface area (Å²) in [7, 11) is 0. The Morgan fingerprint density at radius 3 is 1.00 bits per heavy atom. The van der Waals surface area contributed by atoms with Gasteiger partial charge in [-0.25, -0.2) is 0 Å². The predicted octanol–water partition coefficient (Wildman–Crippen LogP) is 21.8. The van der Waals surface area contributed by atoms with E-state index in [2.05, 4.69) is 104 Å². The molecule has 14 nitrogen and oxygen atoms in total. The van der Waals surface area contributed by atoms with Crippen molar-refractivity contribution in [1.29, 1.82) is 0 Å². The maximum Gasteiger partial charge on any atom is 0.220 e. The summed E-state index contributed by atoms with van der Waals surface area (Å²) in [6, 6.07) is -0.834. The Morgan fingerprint density at radius 1 is 0.349 bits per heavy atom. The number of ether oxygens (including phenoxy) is 4. The van der Waals surface area contributed by atoms with Gasteiger partial charge in [0.05, 0.1) is 32.0 Å². The van der Waals surface area contributed by atoms with Gasteiger partial charge in [-0.15, -0.1) is 0 Å². The molecule has 14 heteroatoms. The Hall–Kier alpha value is -2.83. The summed E-state index contributed by atoms with van der Waals surface area (Å²) >= 11 is 0. The lowest BCUT2D eigenvalue weighted by atomic mass is 9.97. The van der Waals surface area contributed by atoms with Crippen molar-refractivity contribution in [1.82, 2.24) is 5.32 Å². The van der Waals surface area contributed by atoms with Crippen molar-refractivity contribution < 1.29 is 64.6 Å². The lowest BCUT2D eigenvalue weighted by Gasteiger charge is -2.46. The topological polar surface area (TPSA) is 228 Å². The fourth-order valence-electron chi connectivity index (χ4n) is 14.6. The molecule has 0 aromatic carbocycles. The van der Waals surface area contributed by atoms with Crippen LogP contribution in [0.1, 0.15) is 399 Å². The van der Waals surface area contributed by atoms with Crippen LogP contribution in [0.25, 0.3) is 0 Å². The van der Waals surface area contributed by atoms with E-state index in [1.54, 1.807) is 0 Å². The van der Waals surface area contributed by atoms with Crippen LogP contribution in [0.3, 0.4) is 0 Å². The van der Waals surface area contributed by atoms with Crippen LogP contribution < -0.4 is 5.32 Å². The molecule has 618 valence electrons. The van der Waals surface area contributed by atoms with E-state index in [1.807, 2.05) is 0 Å². The van der Waals surface area contributed by atoms with Crippen LogP contribution in [-0.2, 0) is 23.7 Å². The van der Waals surface area contributed by atoms with Crippen molar-refractivity contribution in [2.24, 2.45) is 0 Å². The lowest BCUT2D eigenvalue weighted by Crippen LogP contribution is -2.65. The molecule has 2 aliphatic heterocycles. The second kappa shape index (κ2) is 74.9. The minimum atomic E-state index is -1.79. The van der Waals surface area contributed by atoms with Crippen molar-refractivity contribution in [3.05, 3.63) is 85.1 Å². The van der Waals surface area contributed by atoms with Crippen LogP contribution in [0.4, 0.5) is 0 Å². The number of amides is 1. The minimum Gasteiger partial charge on any atom is -0.394 e. The molecule has 2 saturated heterocycles. The molecule has 0 aliphatic carbocycles. The van der Waals surface area contributed by atoms with E-state index in [-0.39, 0.29) is 12.5 Å². The molecule has 2 aliphatic rings. The first kappa shape index (κ1) is 99.2. The van der Waals surface area contributed by atoms with Crippen molar-refractivity contribution in [3.8, 4) is 0 Å². The number of aliphatic hydroxyl groups is 8. The van der Waals surface area contributed by atoms with Gasteiger partial charge in [0, 0.05) is 6.42 Å². The van der Waals surface area contributed by atoms with Gasteiger partial charge in [-0.1, -0.05) is 407 Å². The van der Waals surface area contributed by atoms with E-state index in [4.69, 9.17) is 18.9 Å². The van der Waals surface area contributed by atoms with Crippen molar-refractivity contribution in [2.75, 3.05) is 19.8 Å². The summed E-state index contributed by atoms with van der Waals surface area (Å²) in [4.78, 5) is 13.4. The highest BCUT2D eigenvalue weighted by molar-refractivity contribution is 5.76. The van der Waals surface area contributed by atoms with Gasteiger partial charge in [0.15, 0.2) is 12.6 Å². The maximum absolute atomic E-state index is 13.4. The Balaban J connectivity index is 1.56. The molecule has 0 aromatic rings. The van der Waals surface area contributed by atoms with Gasteiger partial charge in [0.2, 0.25) is 5.91 Å². The van der Waals surface area contributed by atoms with E-state index in [1.165, 1.54) is 276 Å². The smallest absolute Gasteiger partial charge is 0.220 e. The Kier molecular flexibility index (Phi) is 70.1.